The van der Waals surface area contributed by atoms with Crippen molar-refractivity contribution in [1.29, 1.82) is 0 Å². The molecule has 0 N–H and O–H groups in total. The monoisotopic (exact) mass is 240 g/mol. The van der Waals surface area contributed by atoms with Crippen molar-refractivity contribution in [3.8, 4) is 0 Å². The molecular weight excluding hydrogens is 212 g/mol. The minimum atomic E-state index is 0.393. The molecule has 0 rings (SSSR count). The van der Waals surface area contributed by atoms with Gasteiger partial charge in [-0.15, -0.1) is 0 Å². The first-order valence-corrected chi connectivity index (χ1v) is 7.24. The number of rotatable bonds is 12. The maximum atomic E-state index is 11.4. The van der Waals surface area contributed by atoms with Crippen LogP contribution in [0.15, 0.2) is 0 Å². The Bertz CT molecular complexity index is 187. The number of hydrogen-bond acceptors (Lipinski definition) is 2. The Balaban J connectivity index is 3.28. The lowest BCUT2D eigenvalue weighted by Gasteiger charge is -2.01. The molecule has 2 heteroatoms. The summed E-state index contributed by atoms with van der Waals surface area (Å²) in [4.78, 5) is 22.7. The number of unbranched alkanes of at least 4 members (excludes halogenated alkanes) is 4. The topological polar surface area (TPSA) is 34.1 Å². The molecule has 0 unspecified atom stereocenters. The van der Waals surface area contributed by atoms with Gasteiger partial charge in [0.25, 0.3) is 0 Å². The molecule has 0 amide bonds. The zero-order valence-corrected chi connectivity index (χ0v) is 11.6. The molecule has 0 fully saturated rings. The minimum Gasteiger partial charge on any atom is -0.300 e. The van der Waals surface area contributed by atoms with Crippen molar-refractivity contribution < 1.29 is 9.59 Å². The molecule has 0 saturated carbocycles. The summed E-state index contributed by atoms with van der Waals surface area (Å²) in [7, 11) is 0. The van der Waals surface area contributed by atoms with Gasteiger partial charge in [0.1, 0.15) is 11.6 Å². The van der Waals surface area contributed by atoms with Gasteiger partial charge >= 0.3 is 0 Å². The minimum absolute atomic E-state index is 0.393. The quantitative estimate of drug-likeness (QED) is 0.472. The van der Waals surface area contributed by atoms with Crippen LogP contribution in [0.2, 0.25) is 0 Å². The summed E-state index contributed by atoms with van der Waals surface area (Å²) >= 11 is 0. The maximum absolute atomic E-state index is 11.4. The van der Waals surface area contributed by atoms with E-state index in [9.17, 15) is 9.59 Å². The maximum Gasteiger partial charge on any atom is 0.132 e. The van der Waals surface area contributed by atoms with Crippen molar-refractivity contribution in [3.63, 3.8) is 0 Å². The predicted octanol–water partition coefficient (Wildman–Crippen LogP) is 4.46. The van der Waals surface area contributed by atoms with Crippen LogP contribution in [0, 0.1) is 0 Å². The molecule has 0 radical (unpaired) electrons. The summed E-state index contributed by atoms with van der Waals surface area (Å²) in [5.74, 6) is 0.785. The standard InChI is InChI=1S/C15H28O2/c1-3-5-10-14(16)12-8-7-9-13-15(17)11-6-4-2/h3-13H2,1-2H3. The second kappa shape index (κ2) is 11.8. The van der Waals surface area contributed by atoms with Gasteiger partial charge in [-0.05, 0) is 25.7 Å². The van der Waals surface area contributed by atoms with Crippen LogP contribution in [0.25, 0.3) is 0 Å². The lowest BCUT2D eigenvalue weighted by atomic mass is 10.0. The lowest BCUT2D eigenvalue weighted by Crippen LogP contribution is -1.99. The van der Waals surface area contributed by atoms with Crippen LogP contribution < -0.4 is 0 Å². The molecule has 2 nitrogen and oxygen atoms in total. The van der Waals surface area contributed by atoms with E-state index in [1.165, 1.54) is 0 Å². The average molecular weight is 240 g/mol. The molecule has 0 aromatic rings. The Labute approximate surface area is 106 Å². The second-order valence-corrected chi connectivity index (χ2v) is 4.85. The molecule has 17 heavy (non-hydrogen) atoms. The van der Waals surface area contributed by atoms with Gasteiger partial charge in [-0.25, -0.2) is 0 Å². The van der Waals surface area contributed by atoms with E-state index in [-0.39, 0.29) is 0 Å². The molecule has 0 bridgehead atoms. The molecule has 0 aliphatic heterocycles. The summed E-state index contributed by atoms with van der Waals surface area (Å²) in [5, 5.41) is 0. The van der Waals surface area contributed by atoms with Crippen molar-refractivity contribution >= 4 is 11.6 Å². The van der Waals surface area contributed by atoms with E-state index in [1.807, 2.05) is 0 Å². The van der Waals surface area contributed by atoms with Crippen molar-refractivity contribution in [3.05, 3.63) is 0 Å². The Morgan fingerprint density at radius 1 is 0.588 bits per heavy atom. The Morgan fingerprint density at radius 2 is 0.941 bits per heavy atom. The summed E-state index contributed by atoms with van der Waals surface area (Å²) in [6.07, 6.45) is 10.1. The van der Waals surface area contributed by atoms with Crippen LogP contribution in [0.3, 0.4) is 0 Å². The van der Waals surface area contributed by atoms with Gasteiger partial charge in [0.15, 0.2) is 0 Å². The van der Waals surface area contributed by atoms with Gasteiger partial charge in [-0.3, -0.25) is 9.59 Å². The molecule has 0 aliphatic rings. The van der Waals surface area contributed by atoms with Crippen LogP contribution in [-0.2, 0) is 9.59 Å². The molecule has 0 atom stereocenters. The van der Waals surface area contributed by atoms with Crippen LogP contribution in [0.1, 0.15) is 84.5 Å². The second-order valence-electron chi connectivity index (χ2n) is 4.85. The summed E-state index contributed by atoms with van der Waals surface area (Å²) in [6, 6.07) is 0. The number of hydrogen-bond donors (Lipinski definition) is 0. The molecular formula is C15H28O2. The highest BCUT2D eigenvalue weighted by Gasteiger charge is 2.03. The molecule has 0 spiro atoms. The Hall–Kier alpha value is -0.660. The van der Waals surface area contributed by atoms with E-state index >= 15 is 0 Å². The van der Waals surface area contributed by atoms with Crippen LogP contribution in [-0.4, -0.2) is 11.6 Å². The van der Waals surface area contributed by atoms with Crippen molar-refractivity contribution in [2.45, 2.75) is 84.5 Å². The van der Waals surface area contributed by atoms with E-state index in [2.05, 4.69) is 13.8 Å². The first-order chi connectivity index (χ1) is 8.20. The third-order valence-corrected chi connectivity index (χ3v) is 3.03. The highest BCUT2D eigenvalue weighted by atomic mass is 16.1. The van der Waals surface area contributed by atoms with Crippen LogP contribution >= 0.6 is 0 Å². The fraction of sp³-hybridized carbons (Fsp3) is 0.867. The largest absolute Gasteiger partial charge is 0.300 e. The van der Waals surface area contributed by atoms with Crippen molar-refractivity contribution in [2.75, 3.05) is 0 Å². The summed E-state index contributed by atoms with van der Waals surface area (Å²) in [6.45, 7) is 4.21. The first kappa shape index (κ1) is 16.3. The predicted molar refractivity (Wildman–Crippen MR) is 72.1 cm³/mol. The van der Waals surface area contributed by atoms with Gasteiger partial charge in [0.2, 0.25) is 0 Å². The number of ketones is 2. The van der Waals surface area contributed by atoms with E-state index in [4.69, 9.17) is 0 Å². The smallest absolute Gasteiger partial charge is 0.132 e. The normalized spacial score (nSPS) is 10.5. The molecule has 0 aliphatic carbocycles. The first-order valence-electron chi connectivity index (χ1n) is 7.24. The third kappa shape index (κ3) is 11.6. The van der Waals surface area contributed by atoms with Gasteiger partial charge in [-0.2, -0.15) is 0 Å². The average Bonchev–Trinajstić information content (AvgIpc) is 2.33. The summed E-state index contributed by atoms with van der Waals surface area (Å²) < 4.78 is 0. The fourth-order valence-corrected chi connectivity index (χ4v) is 1.82. The zero-order chi connectivity index (χ0) is 12.9. The molecule has 0 aromatic heterocycles. The Kier molecular flexibility index (Phi) is 11.4. The van der Waals surface area contributed by atoms with E-state index < -0.39 is 0 Å². The van der Waals surface area contributed by atoms with Gasteiger partial charge in [0, 0.05) is 25.7 Å². The molecule has 0 aromatic carbocycles. The van der Waals surface area contributed by atoms with Crippen molar-refractivity contribution in [2.24, 2.45) is 0 Å². The van der Waals surface area contributed by atoms with Crippen molar-refractivity contribution in [1.82, 2.24) is 0 Å². The fourth-order valence-electron chi connectivity index (χ4n) is 1.82. The Morgan fingerprint density at radius 3 is 1.29 bits per heavy atom. The van der Waals surface area contributed by atoms with E-state index in [1.54, 1.807) is 0 Å². The molecule has 0 heterocycles. The SMILES string of the molecule is CCCCC(=O)CCCCCC(=O)CCCC. The van der Waals surface area contributed by atoms with Gasteiger partial charge < -0.3 is 0 Å². The zero-order valence-electron chi connectivity index (χ0n) is 11.6. The highest BCUT2D eigenvalue weighted by Crippen LogP contribution is 2.09. The summed E-state index contributed by atoms with van der Waals surface area (Å²) in [5.41, 5.74) is 0. The number of carbonyl (C=O) groups is 2. The molecule has 0 saturated heterocycles. The van der Waals surface area contributed by atoms with E-state index in [0.717, 1.165) is 57.8 Å². The third-order valence-electron chi connectivity index (χ3n) is 3.03. The van der Waals surface area contributed by atoms with Gasteiger partial charge in [-0.1, -0.05) is 33.1 Å². The highest BCUT2D eigenvalue weighted by molar-refractivity contribution is 5.78. The van der Waals surface area contributed by atoms with Crippen LogP contribution in [0.5, 0.6) is 0 Å². The van der Waals surface area contributed by atoms with Crippen LogP contribution in [0.4, 0.5) is 0 Å². The number of Topliss-reactive ketones (excluding diaryl/α,β-unsaturated/α-hetero) is 2. The number of carbonyl (C=O) groups excluding carboxylic acids is 2. The van der Waals surface area contributed by atoms with Gasteiger partial charge in [0.05, 0.1) is 0 Å². The van der Waals surface area contributed by atoms with E-state index in [0.29, 0.717) is 24.4 Å². The molecule has 100 valence electrons. The lowest BCUT2D eigenvalue weighted by molar-refractivity contribution is -0.119.